The third-order valence-electron chi connectivity index (χ3n) is 3.27. The van der Waals surface area contributed by atoms with Crippen LogP contribution in [-0.4, -0.2) is 32.9 Å². The predicted molar refractivity (Wildman–Crippen MR) is 88.1 cm³/mol. The zero-order valence-corrected chi connectivity index (χ0v) is 14.3. The number of amides is 1. The van der Waals surface area contributed by atoms with E-state index in [9.17, 15) is 18.0 Å². The van der Waals surface area contributed by atoms with Gasteiger partial charge in [-0.1, -0.05) is 30.3 Å². The number of nitrogens with two attached hydrogens (primary N) is 1. The summed E-state index contributed by atoms with van der Waals surface area (Å²) in [6.07, 6.45) is -0.422. The van der Waals surface area contributed by atoms with Gasteiger partial charge in [0.05, 0.1) is 0 Å². The summed E-state index contributed by atoms with van der Waals surface area (Å²) in [5, 5.41) is 6.98. The summed E-state index contributed by atoms with van der Waals surface area (Å²) >= 11 is 0. The molecule has 0 saturated heterocycles. The van der Waals surface area contributed by atoms with Crippen molar-refractivity contribution in [2.45, 2.75) is 24.5 Å². The highest BCUT2D eigenvalue weighted by molar-refractivity contribution is 7.89. The van der Waals surface area contributed by atoms with Crippen molar-refractivity contribution in [3.63, 3.8) is 0 Å². The number of rotatable bonds is 7. The van der Waals surface area contributed by atoms with Gasteiger partial charge in [0.2, 0.25) is 10.9 Å². The van der Waals surface area contributed by atoms with Gasteiger partial charge in [0.25, 0.3) is 15.9 Å². The highest BCUT2D eigenvalue weighted by Gasteiger charge is 2.23. The number of sulfonamides is 1. The molecule has 0 aliphatic carbocycles. The summed E-state index contributed by atoms with van der Waals surface area (Å²) in [6.45, 7) is 1.79. The number of hydrogen-bond donors (Lipinski definition) is 2. The normalized spacial score (nSPS) is 12.4. The molecule has 1 amide bonds. The van der Waals surface area contributed by atoms with Crippen LogP contribution in [0.4, 0.5) is 0 Å². The number of furan rings is 1. The van der Waals surface area contributed by atoms with Crippen molar-refractivity contribution < 1.29 is 27.2 Å². The Morgan fingerprint density at radius 1 is 1.20 bits per heavy atom. The first-order valence-corrected chi connectivity index (χ1v) is 8.97. The maximum Gasteiger partial charge on any atom is 0.375 e. The molecule has 0 bridgehead atoms. The summed E-state index contributed by atoms with van der Waals surface area (Å²) in [4.78, 5) is 23.8. The zero-order chi connectivity index (χ0) is 18.4. The number of ether oxygens (including phenoxy) is 1. The summed E-state index contributed by atoms with van der Waals surface area (Å²) in [5.41, 5.74) is 1.07. The molecule has 1 aromatic heterocycles. The zero-order valence-electron chi connectivity index (χ0n) is 13.5. The topological polar surface area (TPSA) is 129 Å². The smallest absolute Gasteiger partial charge is 0.375 e. The van der Waals surface area contributed by atoms with Crippen LogP contribution in [0.1, 0.15) is 23.0 Å². The second kappa shape index (κ2) is 7.95. The Kier molecular flexibility index (Phi) is 5.94. The molecule has 134 valence electrons. The van der Waals surface area contributed by atoms with Gasteiger partial charge in [-0.25, -0.2) is 18.4 Å². The van der Waals surface area contributed by atoms with E-state index in [4.69, 9.17) is 14.3 Å². The fourth-order valence-corrected chi connectivity index (χ4v) is 2.44. The van der Waals surface area contributed by atoms with Crippen molar-refractivity contribution in [3.05, 3.63) is 53.8 Å². The van der Waals surface area contributed by atoms with Gasteiger partial charge in [0.15, 0.2) is 6.10 Å². The molecule has 1 heterocycles. The van der Waals surface area contributed by atoms with Crippen LogP contribution in [0.25, 0.3) is 0 Å². The Hall–Kier alpha value is -2.65. The second-order valence-electron chi connectivity index (χ2n) is 5.24. The van der Waals surface area contributed by atoms with Gasteiger partial charge in [-0.2, -0.15) is 0 Å². The van der Waals surface area contributed by atoms with Crippen LogP contribution in [0.5, 0.6) is 0 Å². The molecule has 0 aliphatic rings. The Balaban J connectivity index is 1.83. The van der Waals surface area contributed by atoms with Gasteiger partial charge in [-0.05, 0) is 31.0 Å². The van der Waals surface area contributed by atoms with Crippen molar-refractivity contribution >= 4 is 21.9 Å². The lowest BCUT2D eigenvalue weighted by Crippen LogP contribution is -2.36. The first kappa shape index (κ1) is 18.7. The third kappa shape index (κ3) is 5.44. The largest absolute Gasteiger partial charge is 0.447 e. The minimum atomic E-state index is -4.05. The summed E-state index contributed by atoms with van der Waals surface area (Å²) < 4.78 is 32.0. The third-order valence-corrected chi connectivity index (χ3v) is 4.05. The van der Waals surface area contributed by atoms with E-state index in [-0.39, 0.29) is 5.76 Å². The Labute approximate surface area is 145 Å². The number of esters is 1. The van der Waals surface area contributed by atoms with E-state index >= 15 is 0 Å². The van der Waals surface area contributed by atoms with Crippen molar-refractivity contribution in [3.8, 4) is 0 Å². The van der Waals surface area contributed by atoms with Crippen molar-refractivity contribution in [1.82, 2.24) is 5.32 Å². The van der Waals surface area contributed by atoms with E-state index in [1.54, 1.807) is 0 Å². The van der Waals surface area contributed by atoms with Gasteiger partial charge in [-0.15, -0.1) is 0 Å². The van der Waals surface area contributed by atoms with Crippen LogP contribution in [0.2, 0.25) is 0 Å². The molecule has 3 N–H and O–H groups in total. The molecule has 2 aromatic rings. The van der Waals surface area contributed by atoms with Crippen molar-refractivity contribution in [2.75, 3.05) is 6.54 Å². The lowest BCUT2D eigenvalue weighted by atomic mass is 10.1. The van der Waals surface area contributed by atoms with Crippen LogP contribution in [-0.2, 0) is 26.0 Å². The van der Waals surface area contributed by atoms with Gasteiger partial charge >= 0.3 is 5.97 Å². The Bertz CT molecular complexity index is 845. The average Bonchev–Trinajstić information content (AvgIpc) is 3.06. The molecular formula is C16H18N2O6S. The van der Waals surface area contributed by atoms with Crippen LogP contribution in [0, 0.1) is 0 Å². The fourth-order valence-electron chi connectivity index (χ4n) is 1.97. The molecule has 25 heavy (non-hydrogen) atoms. The summed E-state index contributed by atoms with van der Waals surface area (Å²) in [5.74, 6) is -1.78. The summed E-state index contributed by atoms with van der Waals surface area (Å²) in [7, 11) is -4.05. The molecule has 2 rings (SSSR count). The van der Waals surface area contributed by atoms with Crippen molar-refractivity contribution in [1.29, 1.82) is 0 Å². The number of nitrogens with one attached hydrogen (secondary N) is 1. The molecule has 1 atom stereocenters. The summed E-state index contributed by atoms with van der Waals surface area (Å²) in [6, 6.07) is 11.7. The van der Waals surface area contributed by atoms with E-state index in [0.717, 1.165) is 17.7 Å². The van der Waals surface area contributed by atoms with Gasteiger partial charge in [-0.3, -0.25) is 4.79 Å². The standard InChI is InChI=1S/C16H18N2O6S/c1-11(15(19)18-10-9-12-5-3-2-4-6-12)23-16(20)13-7-8-14(24-13)25(17,21)22/h2-8,11H,9-10H2,1H3,(H,18,19)(H2,17,21,22). The molecule has 0 saturated carbocycles. The lowest BCUT2D eigenvalue weighted by molar-refractivity contribution is -0.129. The van der Waals surface area contributed by atoms with E-state index < -0.39 is 33.1 Å². The number of carbonyl (C=O) groups excluding carboxylic acids is 2. The molecule has 1 aromatic carbocycles. The first-order chi connectivity index (χ1) is 11.8. The predicted octanol–water partition coefficient (Wildman–Crippen LogP) is 0.831. The molecule has 0 spiro atoms. The van der Waals surface area contributed by atoms with Crippen LogP contribution < -0.4 is 10.5 Å². The number of primary sulfonamides is 1. The average molecular weight is 366 g/mol. The molecule has 1 unspecified atom stereocenters. The Morgan fingerprint density at radius 3 is 2.48 bits per heavy atom. The highest BCUT2D eigenvalue weighted by Crippen LogP contribution is 2.14. The van der Waals surface area contributed by atoms with Gasteiger partial charge in [0.1, 0.15) is 0 Å². The molecule has 8 nitrogen and oxygen atoms in total. The Morgan fingerprint density at radius 2 is 1.88 bits per heavy atom. The van der Waals surface area contributed by atoms with Crippen LogP contribution >= 0.6 is 0 Å². The van der Waals surface area contributed by atoms with Crippen LogP contribution in [0.3, 0.4) is 0 Å². The fraction of sp³-hybridized carbons (Fsp3) is 0.250. The minimum absolute atomic E-state index is 0.354. The molecule has 0 fully saturated rings. The first-order valence-electron chi connectivity index (χ1n) is 7.42. The monoisotopic (exact) mass is 366 g/mol. The van der Waals surface area contributed by atoms with E-state index in [0.29, 0.717) is 13.0 Å². The molecule has 9 heteroatoms. The number of carbonyl (C=O) groups is 2. The van der Waals surface area contributed by atoms with Gasteiger partial charge in [0, 0.05) is 6.54 Å². The second-order valence-corrected chi connectivity index (χ2v) is 6.73. The number of hydrogen-bond acceptors (Lipinski definition) is 6. The van der Waals surface area contributed by atoms with E-state index in [2.05, 4.69) is 5.32 Å². The minimum Gasteiger partial charge on any atom is -0.447 e. The maximum absolute atomic E-state index is 11.9. The molecular weight excluding hydrogens is 348 g/mol. The lowest BCUT2D eigenvalue weighted by Gasteiger charge is -2.12. The SMILES string of the molecule is CC(OC(=O)c1ccc(S(N)(=O)=O)o1)C(=O)NCCc1ccccc1. The molecule has 0 aliphatic heterocycles. The van der Waals surface area contributed by atoms with Crippen LogP contribution in [0.15, 0.2) is 52.0 Å². The number of benzene rings is 1. The quantitative estimate of drug-likeness (QED) is 0.698. The van der Waals surface area contributed by atoms with E-state index in [1.165, 1.54) is 6.92 Å². The maximum atomic E-state index is 11.9. The molecule has 0 radical (unpaired) electrons. The van der Waals surface area contributed by atoms with Gasteiger partial charge < -0.3 is 14.5 Å². The van der Waals surface area contributed by atoms with E-state index in [1.807, 2.05) is 30.3 Å². The van der Waals surface area contributed by atoms with Crippen molar-refractivity contribution in [2.24, 2.45) is 5.14 Å². The highest BCUT2D eigenvalue weighted by atomic mass is 32.2.